The molecule has 4 nitrogen and oxygen atoms in total. The van der Waals surface area contributed by atoms with Gasteiger partial charge in [0.05, 0.1) is 6.54 Å². The predicted molar refractivity (Wildman–Crippen MR) is 64.0 cm³/mol. The maximum Gasteiger partial charge on any atom is 0.236 e. The molecule has 0 aliphatic rings. The fourth-order valence-corrected chi connectivity index (χ4v) is 1.33. The number of likely N-dealkylation sites (N-methyl/N-ethyl adjacent to an activating group) is 2. The Kier molecular flexibility index (Phi) is 8.33. The molecule has 0 radical (unpaired) electrons. The molecule has 0 bridgehead atoms. The summed E-state index contributed by atoms with van der Waals surface area (Å²) in [5, 5.41) is 3.16. The van der Waals surface area contributed by atoms with E-state index < -0.39 is 0 Å². The molecule has 4 heteroatoms. The molecule has 1 amide bonds. The molecule has 0 fully saturated rings. The van der Waals surface area contributed by atoms with Crippen LogP contribution < -0.4 is 5.32 Å². The molecule has 0 aromatic carbocycles. The van der Waals surface area contributed by atoms with Gasteiger partial charge in [0, 0.05) is 27.2 Å². The first-order valence-corrected chi connectivity index (χ1v) is 5.75. The van der Waals surface area contributed by atoms with Crippen molar-refractivity contribution in [3.05, 3.63) is 0 Å². The lowest BCUT2D eigenvalue weighted by Gasteiger charge is -2.19. The molecule has 0 aromatic rings. The standard InChI is InChI=1S/C11H25N3O/c1-5-8-14(6-2)9-7-12-10-11(15)13(3)4/h12H,5-10H2,1-4H3. The van der Waals surface area contributed by atoms with E-state index in [9.17, 15) is 4.79 Å². The van der Waals surface area contributed by atoms with E-state index in [2.05, 4.69) is 24.1 Å². The average molecular weight is 215 g/mol. The van der Waals surface area contributed by atoms with Crippen molar-refractivity contribution in [1.29, 1.82) is 0 Å². The highest BCUT2D eigenvalue weighted by Gasteiger charge is 2.03. The second-order valence-corrected chi connectivity index (χ2v) is 3.90. The van der Waals surface area contributed by atoms with Crippen molar-refractivity contribution in [2.75, 3.05) is 46.8 Å². The quantitative estimate of drug-likeness (QED) is 0.595. The van der Waals surface area contributed by atoms with E-state index in [0.717, 1.165) is 26.2 Å². The van der Waals surface area contributed by atoms with Crippen LogP contribution in [0.3, 0.4) is 0 Å². The first kappa shape index (κ1) is 14.4. The lowest BCUT2D eigenvalue weighted by atomic mass is 10.4. The first-order chi connectivity index (χ1) is 7.11. The monoisotopic (exact) mass is 215 g/mol. The number of carbonyl (C=O) groups is 1. The maximum absolute atomic E-state index is 11.2. The largest absolute Gasteiger partial charge is 0.348 e. The van der Waals surface area contributed by atoms with Gasteiger partial charge >= 0.3 is 0 Å². The van der Waals surface area contributed by atoms with Crippen LogP contribution in [0.25, 0.3) is 0 Å². The Morgan fingerprint density at radius 2 is 1.87 bits per heavy atom. The van der Waals surface area contributed by atoms with E-state index in [0.29, 0.717) is 6.54 Å². The highest BCUT2D eigenvalue weighted by Crippen LogP contribution is 1.88. The lowest BCUT2D eigenvalue weighted by molar-refractivity contribution is -0.127. The molecule has 0 atom stereocenters. The zero-order valence-electron chi connectivity index (χ0n) is 10.5. The molecular formula is C11H25N3O. The summed E-state index contributed by atoms with van der Waals surface area (Å²) in [6.07, 6.45) is 1.18. The highest BCUT2D eigenvalue weighted by atomic mass is 16.2. The van der Waals surface area contributed by atoms with Gasteiger partial charge in [0.1, 0.15) is 0 Å². The Balaban J connectivity index is 3.47. The maximum atomic E-state index is 11.2. The van der Waals surface area contributed by atoms with Crippen LogP contribution in [0.1, 0.15) is 20.3 Å². The van der Waals surface area contributed by atoms with E-state index in [1.807, 2.05) is 0 Å². The van der Waals surface area contributed by atoms with Gasteiger partial charge in [-0.25, -0.2) is 0 Å². The van der Waals surface area contributed by atoms with E-state index in [1.54, 1.807) is 19.0 Å². The Morgan fingerprint density at radius 1 is 1.20 bits per heavy atom. The molecule has 0 heterocycles. The van der Waals surface area contributed by atoms with Gasteiger partial charge in [-0.3, -0.25) is 4.79 Å². The number of carbonyl (C=O) groups excluding carboxylic acids is 1. The number of nitrogens with zero attached hydrogens (tertiary/aromatic N) is 2. The molecule has 0 aromatic heterocycles. The van der Waals surface area contributed by atoms with Crippen molar-refractivity contribution >= 4 is 5.91 Å². The fraction of sp³-hybridized carbons (Fsp3) is 0.909. The summed E-state index contributed by atoms with van der Waals surface area (Å²) in [5.74, 6) is 0.133. The average Bonchev–Trinajstić information content (AvgIpc) is 2.22. The fourth-order valence-electron chi connectivity index (χ4n) is 1.33. The third kappa shape index (κ3) is 7.33. The summed E-state index contributed by atoms with van der Waals surface area (Å²) >= 11 is 0. The van der Waals surface area contributed by atoms with Gasteiger partial charge in [0.25, 0.3) is 0 Å². The van der Waals surface area contributed by atoms with Crippen LogP contribution in [0, 0.1) is 0 Å². The van der Waals surface area contributed by atoms with Gasteiger partial charge in [0.2, 0.25) is 5.91 Å². The van der Waals surface area contributed by atoms with E-state index in [1.165, 1.54) is 6.42 Å². The summed E-state index contributed by atoms with van der Waals surface area (Å²) in [4.78, 5) is 15.2. The van der Waals surface area contributed by atoms with Crippen LogP contribution >= 0.6 is 0 Å². The molecule has 0 aliphatic heterocycles. The van der Waals surface area contributed by atoms with Gasteiger partial charge < -0.3 is 15.1 Å². The Labute approximate surface area is 93.6 Å². The third-order valence-corrected chi connectivity index (χ3v) is 2.37. The van der Waals surface area contributed by atoms with Gasteiger partial charge in [-0.1, -0.05) is 13.8 Å². The second-order valence-electron chi connectivity index (χ2n) is 3.90. The molecule has 0 saturated carbocycles. The van der Waals surface area contributed by atoms with E-state index in [-0.39, 0.29) is 5.91 Å². The Morgan fingerprint density at radius 3 is 2.33 bits per heavy atom. The number of rotatable bonds is 8. The minimum Gasteiger partial charge on any atom is -0.348 e. The van der Waals surface area contributed by atoms with Gasteiger partial charge in [-0.05, 0) is 19.5 Å². The smallest absolute Gasteiger partial charge is 0.236 e. The molecule has 1 N–H and O–H groups in total. The summed E-state index contributed by atoms with van der Waals surface area (Å²) in [7, 11) is 3.55. The normalized spacial score (nSPS) is 10.7. The number of hydrogen-bond donors (Lipinski definition) is 1. The van der Waals surface area contributed by atoms with E-state index in [4.69, 9.17) is 0 Å². The number of amides is 1. The zero-order valence-corrected chi connectivity index (χ0v) is 10.5. The Hall–Kier alpha value is -0.610. The van der Waals surface area contributed by atoms with Crippen molar-refractivity contribution in [3.63, 3.8) is 0 Å². The molecular weight excluding hydrogens is 190 g/mol. The van der Waals surface area contributed by atoms with Gasteiger partial charge in [-0.2, -0.15) is 0 Å². The molecule has 0 unspecified atom stereocenters. The summed E-state index contributed by atoms with van der Waals surface area (Å²) in [6.45, 7) is 8.92. The summed E-state index contributed by atoms with van der Waals surface area (Å²) in [6, 6.07) is 0. The molecule has 0 aliphatic carbocycles. The summed E-state index contributed by atoms with van der Waals surface area (Å²) in [5.41, 5.74) is 0. The van der Waals surface area contributed by atoms with Gasteiger partial charge in [-0.15, -0.1) is 0 Å². The zero-order chi connectivity index (χ0) is 11.7. The lowest BCUT2D eigenvalue weighted by Crippen LogP contribution is -2.37. The van der Waals surface area contributed by atoms with Crippen molar-refractivity contribution in [1.82, 2.24) is 15.1 Å². The number of hydrogen-bond acceptors (Lipinski definition) is 3. The van der Waals surface area contributed by atoms with Crippen molar-refractivity contribution in [2.24, 2.45) is 0 Å². The van der Waals surface area contributed by atoms with Crippen molar-refractivity contribution in [2.45, 2.75) is 20.3 Å². The summed E-state index contributed by atoms with van der Waals surface area (Å²) < 4.78 is 0. The highest BCUT2D eigenvalue weighted by molar-refractivity contribution is 5.77. The van der Waals surface area contributed by atoms with Crippen molar-refractivity contribution < 1.29 is 4.79 Å². The first-order valence-electron chi connectivity index (χ1n) is 5.75. The van der Waals surface area contributed by atoms with Crippen LogP contribution in [0.4, 0.5) is 0 Å². The minimum absolute atomic E-state index is 0.133. The Bertz CT molecular complexity index is 171. The molecule has 15 heavy (non-hydrogen) atoms. The van der Waals surface area contributed by atoms with Crippen LogP contribution in [0.2, 0.25) is 0 Å². The minimum atomic E-state index is 0.133. The third-order valence-electron chi connectivity index (χ3n) is 2.37. The van der Waals surface area contributed by atoms with Crippen LogP contribution in [-0.4, -0.2) is 62.5 Å². The molecule has 0 saturated heterocycles. The SMILES string of the molecule is CCCN(CC)CCNCC(=O)N(C)C. The molecule has 0 spiro atoms. The number of nitrogens with one attached hydrogen (secondary N) is 1. The second kappa shape index (κ2) is 8.68. The molecule has 0 rings (SSSR count). The molecule has 90 valence electrons. The van der Waals surface area contributed by atoms with Crippen LogP contribution in [0.5, 0.6) is 0 Å². The van der Waals surface area contributed by atoms with Crippen molar-refractivity contribution in [3.8, 4) is 0 Å². The van der Waals surface area contributed by atoms with Gasteiger partial charge in [0.15, 0.2) is 0 Å². The van der Waals surface area contributed by atoms with Crippen LogP contribution in [-0.2, 0) is 4.79 Å². The van der Waals surface area contributed by atoms with Crippen LogP contribution in [0.15, 0.2) is 0 Å². The topological polar surface area (TPSA) is 35.6 Å². The van der Waals surface area contributed by atoms with E-state index >= 15 is 0 Å². The predicted octanol–water partition coefficient (Wildman–Crippen LogP) is 0.396.